The van der Waals surface area contributed by atoms with Gasteiger partial charge in [0.1, 0.15) is 5.82 Å². The molecule has 188 valence electrons. The molecule has 1 aromatic carbocycles. The van der Waals surface area contributed by atoms with Crippen LogP contribution in [0.5, 0.6) is 0 Å². The van der Waals surface area contributed by atoms with E-state index in [1.165, 1.54) is 0 Å². The minimum absolute atomic E-state index is 0. The van der Waals surface area contributed by atoms with E-state index in [2.05, 4.69) is 25.9 Å². The van der Waals surface area contributed by atoms with E-state index in [0.717, 1.165) is 5.56 Å². The number of hydrogen-bond acceptors (Lipinski definition) is 5. The Morgan fingerprint density at radius 2 is 1.47 bits per heavy atom. The molecule has 0 saturated heterocycles. The summed E-state index contributed by atoms with van der Waals surface area (Å²) in [4.78, 5) is 21.0. The molecular formula is C21H24ClF6N5O. The molecule has 0 bridgehead atoms. The molecule has 1 heterocycles. The number of carbonyl (C=O) groups is 1. The number of benzene rings is 1. The van der Waals surface area contributed by atoms with E-state index in [4.69, 9.17) is 0 Å². The zero-order valence-electron chi connectivity index (χ0n) is 18.3. The van der Waals surface area contributed by atoms with E-state index < -0.39 is 35.0 Å². The smallest absolute Gasteiger partial charge is 0.373 e. The molecule has 0 aliphatic heterocycles. The van der Waals surface area contributed by atoms with E-state index >= 15 is 0 Å². The lowest BCUT2D eigenvalue weighted by molar-refractivity contribution is -0.143. The van der Waals surface area contributed by atoms with Crippen LogP contribution in [0.4, 0.5) is 38.1 Å². The summed E-state index contributed by atoms with van der Waals surface area (Å²) in [6, 6.07) is 0.528. The van der Waals surface area contributed by atoms with Crippen molar-refractivity contribution < 1.29 is 31.1 Å². The van der Waals surface area contributed by atoms with Crippen LogP contribution in [0, 0.1) is 6.92 Å². The molecule has 1 aliphatic carbocycles. The van der Waals surface area contributed by atoms with Crippen molar-refractivity contribution in [1.29, 1.82) is 0 Å². The number of nitrogens with zero attached hydrogens (tertiary/aromatic N) is 2. The molecule has 0 atom stereocenters. The molecule has 34 heavy (non-hydrogen) atoms. The van der Waals surface area contributed by atoms with Gasteiger partial charge in [-0.2, -0.15) is 31.3 Å². The van der Waals surface area contributed by atoms with Crippen molar-refractivity contribution in [2.45, 2.75) is 57.0 Å². The van der Waals surface area contributed by atoms with Crippen molar-refractivity contribution >= 4 is 30.1 Å². The fourth-order valence-corrected chi connectivity index (χ4v) is 3.68. The molecule has 6 nitrogen and oxygen atoms in total. The second-order valence-corrected chi connectivity index (χ2v) is 7.94. The Hall–Kier alpha value is -2.76. The van der Waals surface area contributed by atoms with E-state index in [-0.39, 0.29) is 30.6 Å². The van der Waals surface area contributed by atoms with E-state index in [1.54, 1.807) is 13.2 Å². The Bertz CT molecular complexity index is 974. The van der Waals surface area contributed by atoms with E-state index in [0.29, 0.717) is 49.6 Å². The van der Waals surface area contributed by atoms with Gasteiger partial charge in [0.15, 0.2) is 0 Å². The maximum atomic E-state index is 13.0. The minimum Gasteiger partial charge on any atom is -0.373 e. The van der Waals surface area contributed by atoms with Crippen molar-refractivity contribution in [3.63, 3.8) is 0 Å². The summed E-state index contributed by atoms with van der Waals surface area (Å²) < 4.78 is 78.2. The Morgan fingerprint density at radius 3 is 1.97 bits per heavy atom. The predicted molar refractivity (Wildman–Crippen MR) is 117 cm³/mol. The van der Waals surface area contributed by atoms with Crippen molar-refractivity contribution in [3.8, 4) is 0 Å². The molecule has 0 radical (unpaired) electrons. The Balaban J connectivity index is 0.00000408. The molecule has 3 N–H and O–H groups in total. The van der Waals surface area contributed by atoms with Gasteiger partial charge in [-0.3, -0.25) is 4.79 Å². The Kier molecular flexibility index (Phi) is 8.62. The third-order valence-electron chi connectivity index (χ3n) is 5.45. The van der Waals surface area contributed by atoms with Crippen LogP contribution in [-0.4, -0.2) is 35.0 Å². The molecule has 1 saturated carbocycles. The first-order valence-electron chi connectivity index (χ1n) is 10.2. The van der Waals surface area contributed by atoms with Crippen LogP contribution in [0.15, 0.2) is 24.4 Å². The van der Waals surface area contributed by atoms with Crippen LogP contribution in [0.3, 0.4) is 0 Å². The molecule has 1 fully saturated rings. The highest BCUT2D eigenvalue weighted by Gasteiger charge is 2.37. The number of alkyl halides is 6. The van der Waals surface area contributed by atoms with Gasteiger partial charge in [0, 0.05) is 36.5 Å². The summed E-state index contributed by atoms with van der Waals surface area (Å²) in [5.41, 5.74) is -2.83. The quantitative estimate of drug-likeness (QED) is 0.466. The summed E-state index contributed by atoms with van der Waals surface area (Å²) >= 11 is 0. The molecular weight excluding hydrogens is 488 g/mol. The highest BCUT2D eigenvalue weighted by atomic mass is 35.5. The fraction of sp³-hybridized carbons (Fsp3) is 0.476. The average Bonchev–Trinajstić information content (AvgIpc) is 2.75. The summed E-state index contributed by atoms with van der Waals surface area (Å²) in [6.07, 6.45) is -6.10. The van der Waals surface area contributed by atoms with Crippen LogP contribution < -0.4 is 16.0 Å². The third-order valence-corrected chi connectivity index (χ3v) is 5.45. The highest BCUT2D eigenvalue weighted by molar-refractivity contribution is 5.94. The van der Waals surface area contributed by atoms with E-state index in [1.807, 2.05) is 6.92 Å². The van der Waals surface area contributed by atoms with Crippen molar-refractivity contribution in [1.82, 2.24) is 15.3 Å². The average molecular weight is 512 g/mol. The van der Waals surface area contributed by atoms with Gasteiger partial charge in [0.2, 0.25) is 5.95 Å². The summed E-state index contributed by atoms with van der Waals surface area (Å²) in [7, 11) is 1.75. The number of carbonyl (C=O) groups excluding carboxylic acids is 1. The van der Waals surface area contributed by atoms with Gasteiger partial charge in [-0.15, -0.1) is 12.4 Å². The first-order chi connectivity index (χ1) is 15.4. The number of nitrogens with one attached hydrogen (secondary N) is 3. The Labute approximate surface area is 198 Å². The Morgan fingerprint density at radius 1 is 0.941 bits per heavy atom. The van der Waals surface area contributed by atoms with Crippen LogP contribution in [0.25, 0.3) is 0 Å². The zero-order chi connectivity index (χ0) is 24.4. The zero-order valence-corrected chi connectivity index (χ0v) is 19.1. The molecule has 1 aromatic heterocycles. The van der Waals surface area contributed by atoms with Crippen LogP contribution in [0.1, 0.15) is 52.7 Å². The summed E-state index contributed by atoms with van der Waals surface area (Å²) in [5, 5.41) is 8.74. The summed E-state index contributed by atoms with van der Waals surface area (Å²) in [5.74, 6) is 0.164. The topological polar surface area (TPSA) is 78.9 Å². The van der Waals surface area contributed by atoms with Gasteiger partial charge < -0.3 is 16.0 Å². The molecule has 13 heteroatoms. The third kappa shape index (κ3) is 6.87. The van der Waals surface area contributed by atoms with Gasteiger partial charge in [-0.1, -0.05) is 0 Å². The monoisotopic (exact) mass is 511 g/mol. The molecule has 3 rings (SSSR count). The molecule has 0 unspecified atom stereocenters. The number of aryl methyl sites for hydroxylation is 1. The SMILES string of the molecule is CNc1nc(NC2CCC(NC(=O)c3cc(C(F)(F)F)cc(C(F)(F)F)c3)CC2)ncc1C.Cl. The largest absolute Gasteiger partial charge is 0.416 e. The molecule has 2 aromatic rings. The lowest BCUT2D eigenvalue weighted by Crippen LogP contribution is -2.40. The normalized spacial score (nSPS) is 18.6. The van der Waals surface area contributed by atoms with Crippen LogP contribution >= 0.6 is 12.4 Å². The molecule has 0 spiro atoms. The van der Waals surface area contributed by atoms with Gasteiger partial charge in [0.25, 0.3) is 5.91 Å². The predicted octanol–water partition coefficient (Wildman–Crippen LogP) is 5.44. The van der Waals surface area contributed by atoms with Crippen LogP contribution in [0.2, 0.25) is 0 Å². The minimum atomic E-state index is -5.01. The lowest BCUT2D eigenvalue weighted by Gasteiger charge is -2.30. The molecule has 1 aliphatic rings. The van der Waals surface area contributed by atoms with Gasteiger partial charge in [-0.25, -0.2) is 4.98 Å². The molecule has 1 amide bonds. The van der Waals surface area contributed by atoms with Crippen LogP contribution in [-0.2, 0) is 12.4 Å². The maximum Gasteiger partial charge on any atom is 0.416 e. The van der Waals surface area contributed by atoms with Gasteiger partial charge in [0.05, 0.1) is 11.1 Å². The summed E-state index contributed by atoms with van der Waals surface area (Å²) in [6.45, 7) is 1.87. The van der Waals surface area contributed by atoms with Crippen molar-refractivity contribution in [2.24, 2.45) is 0 Å². The lowest BCUT2D eigenvalue weighted by atomic mass is 9.91. The number of amides is 1. The highest BCUT2D eigenvalue weighted by Crippen LogP contribution is 2.36. The first-order valence-corrected chi connectivity index (χ1v) is 10.2. The number of aromatic nitrogens is 2. The van der Waals surface area contributed by atoms with Crippen molar-refractivity contribution in [3.05, 3.63) is 46.6 Å². The number of anilines is 2. The van der Waals surface area contributed by atoms with Gasteiger partial charge >= 0.3 is 12.4 Å². The first kappa shape index (κ1) is 27.5. The second kappa shape index (κ2) is 10.7. The fourth-order valence-electron chi connectivity index (χ4n) is 3.68. The second-order valence-electron chi connectivity index (χ2n) is 7.94. The maximum absolute atomic E-state index is 13.0. The van der Waals surface area contributed by atoms with Gasteiger partial charge in [-0.05, 0) is 50.8 Å². The number of halogens is 7. The van der Waals surface area contributed by atoms with E-state index in [9.17, 15) is 31.1 Å². The van der Waals surface area contributed by atoms with Crippen molar-refractivity contribution in [2.75, 3.05) is 17.7 Å². The standard InChI is InChI=1S/C21H23F6N5O.ClH/c1-11-10-29-19(32-17(11)28-2)31-16-5-3-15(4-6-16)30-18(33)12-7-13(20(22,23)24)9-14(8-12)21(25,26)27;/h7-10,15-16H,3-6H2,1-2H3,(H,30,33)(H2,28,29,31,32);1H. The number of rotatable bonds is 5. The number of hydrogen-bond donors (Lipinski definition) is 3.